The maximum Gasteiger partial charge on any atom is 0.0194 e. The monoisotopic (exact) mass is 199 g/mol. The fourth-order valence-corrected chi connectivity index (χ4v) is 2.34. The molecule has 2 N–H and O–H groups in total. The Morgan fingerprint density at radius 3 is 2.50 bits per heavy atom. The Kier molecular flexibility index (Phi) is 3.93. The molecule has 0 radical (unpaired) electrons. The van der Waals surface area contributed by atoms with Gasteiger partial charge in [0.25, 0.3) is 0 Å². The first-order chi connectivity index (χ1) is 6.48. The lowest BCUT2D eigenvalue weighted by molar-refractivity contribution is 0.130. The van der Waals surface area contributed by atoms with Gasteiger partial charge in [0.15, 0.2) is 0 Å². The Bertz CT molecular complexity index is 177. The van der Waals surface area contributed by atoms with Crippen LogP contribution in [-0.4, -0.2) is 55.6 Å². The molecule has 0 aliphatic carbocycles. The van der Waals surface area contributed by atoms with Gasteiger partial charge in [-0.05, 0) is 53.4 Å². The number of likely N-dealkylation sites (tertiary alicyclic amines) is 1. The van der Waals surface area contributed by atoms with Crippen molar-refractivity contribution in [2.45, 2.75) is 25.8 Å². The summed E-state index contributed by atoms with van der Waals surface area (Å²) in [5.74, 6) is 0.671. The highest BCUT2D eigenvalue weighted by atomic mass is 15.2. The van der Waals surface area contributed by atoms with Crippen LogP contribution in [0.3, 0.4) is 0 Å². The van der Waals surface area contributed by atoms with Crippen molar-refractivity contribution in [1.29, 1.82) is 0 Å². The molecule has 1 fully saturated rings. The van der Waals surface area contributed by atoms with E-state index in [9.17, 15) is 0 Å². The van der Waals surface area contributed by atoms with Crippen molar-refractivity contribution < 1.29 is 0 Å². The Hall–Kier alpha value is -0.120. The summed E-state index contributed by atoms with van der Waals surface area (Å²) >= 11 is 0. The predicted octanol–water partition coefficient (Wildman–Crippen LogP) is 0.607. The number of nitrogens with two attached hydrogens (primary N) is 1. The van der Waals surface area contributed by atoms with E-state index in [0.29, 0.717) is 11.5 Å². The zero-order valence-corrected chi connectivity index (χ0v) is 10.1. The van der Waals surface area contributed by atoms with E-state index in [2.05, 4.69) is 37.7 Å². The largest absolute Gasteiger partial charge is 0.330 e. The molecule has 1 aliphatic rings. The summed E-state index contributed by atoms with van der Waals surface area (Å²) in [5, 5.41) is 0. The second kappa shape index (κ2) is 4.60. The highest BCUT2D eigenvalue weighted by molar-refractivity contribution is 4.95. The first kappa shape index (κ1) is 12.0. The minimum atomic E-state index is 0.296. The van der Waals surface area contributed by atoms with Gasteiger partial charge >= 0.3 is 0 Å². The fourth-order valence-electron chi connectivity index (χ4n) is 2.34. The number of hydrogen-bond acceptors (Lipinski definition) is 3. The first-order valence-corrected chi connectivity index (χ1v) is 5.58. The highest BCUT2D eigenvalue weighted by Gasteiger charge is 2.39. The minimum Gasteiger partial charge on any atom is -0.330 e. The molecule has 0 aromatic carbocycles. The molecule has 0 aromatic heterocycles. The summed E-state index contributed by atoms with van der Waals surface area (Å²) in [6.45, 7) is 8.99. The summed E-state index contributed by atoms with van der Waals surface area (Å²) in [6, 6.07) is 0. The fraction of sp³-hybridized carbons (Fsp3) is 1.00. The zero-order valence-electron chi connectivity index (χ0n) is 10.1. The smallest absolute Gasteiger partial charge is 0.0194 e. The molecule has 1 unspecified atom stereocenters. The molecule has 0 aromatic rings. The molecule has 1 saturated heterocycles. The topological polar surface area (TPSA) is 32.5 Å². The molecular formula is C11H25N3. The summed E-state index contributed by atoms with van der Waals surface area (Å²) in [4.78, 5) is 4.82. The lowest BCUT2D eigenvalue weighted by Gasteiger charge is -2.36. The molecule has 0 spiro atoms. The molecular weight excluding hydrogens is 174 g/mol. The number of nitrogens with zero attached hydrogens (tertiary/aromatic N) is 2. The summed E-state index contributed by atoms with van der Waals surface area (Å²) < 4.78 is 0. The Labute approximate surface area is 88.2 Å². The van der Waals surface area contributed by atoms with E-state index in [1.807, 2.05) is 0 Å². The quantitative estimate of drug-likeness (QED) is 0.720. The van der Waals surface area contributed by atoms with E-state index in [1.54, 1.807) is 0 Å². The van der Waals surface area contributed by atoms with Gasteiger partial charge in [0, 0.05) is 18.6 Å². The zero-order chi connectivity index (χ0) is 10.8. The highest BCUT2D eigenvalue weighted by Crippen LogP contribution is 2.33. The van der Waals surface area contributed by atoms with E-state index in [1.165, 1.54) is 13.0 Å². The van der Waals surface area contributed by atoms with E-state index in [0.717, 1.165) is 19.6 Å². The number of hydrogen-bond donors (Lipinski definition) is 1. The van der Waals surface area contributed by atoms with E-state index < -0.39 is 0 Å². The molecule has 0 amide bonds. The second-order valence-corrected chi connectivity index (χ2v) is 5.17. The molecule has 0 saturated carbocycles. The Morgan fingerprint density at radius 2 is 2.07 bits per heavy atom. The van der Waals surface area contributed by atoms with E-state index >= 15 is 0 Å². The molecule has 1 rings (SSSR count). The van der Waals surface area contributed by atoms with Crippen molar-refractivity contribution in [3.63, 3.8) is 0 Å². The summed E-state index contributed by atoms with van der Waals surface area (Å²) in [7, 11) is 4.26. The van der Waals surface area contributed by atoms with Gasteiger partial charge < -0.3 is 10.6 Å². The number of likely N-dealkylation sites (N-methyl/N-ethyl adjacent to an activating group) is 1. The van der Waals surface area contributed by atoms with E-state index in [4.69, 9.17) is 5.73 Å². The van der Waals surface area contributed by atoms with Crippen molar-refractivity contribution in [3.05, 3.63) is 0 Å². The lowest BCUT2D eigenvalue weighted by atomic mass is 9.88. The molecule has 1 aliphatic heterocycles. The molecule has 3 heteroatoms. The van der Waals surface area contributed by atoms with Crippen LogP contribution in [0.25, 0.3) is 0 Å². The van der Waals surface area contributed by atoms with Crippen molar-refractivity contribution in [3.8, 4) is 0 Å². The van der Waals surface area contributed by atoms with Gasteiger partial charge in [-0.15, -0.1) is 0 Å². The average Bonchev–Trinajstić information content (AvgIpc) is 2.37. The van der Waals surface area contributed by atoms with Crippen LogP contribution in [0.5, 0.6) is 0 Å². The van der Waals surface area contributed by atoms with Crippen LogP contribution in [0.4, 0.5) is 0 Å². The molecule has 3 nitrogen and oxygen atoms in total. The van der Waals surface area contributed by atoms with Crippen LogP contribution in [-0.2, 0) is 0 Å². The third kappa shape index (κ3) is 2.47. The Balaban J connectivity index is 2.47. The summed E-state index contributed by atoms with van der Waals surface area (Å²) in [6.07, 6.45) is 1.26. The normalized spacial score (nSPS) is 27.4. The van der Waals surface area contributed by atoms with Crippen LogP contribution in [0.15, 0.2) is 0 Å². The van der Waals surface area contributed by atoms with Crippen LogP contribution in [0.1, 0.15) is 20.3 Å². The third-order valence-corrected chi connectivity index (χ3v) is 3.66. The number of rotatable bonds is 4. The van der Waals surface area contributed by atoms with Gasteiger partial charge in [0.1, 0.15) is 0 Å². The van der Waals surface area contributed by atoms with Crippen LogP contribution in [0.2, 0.25) is 0 Å². The van der Waals surface area contributed by atoms with Crippen molar-refractivity contribution >= 4 is 0 Å². The van der Waals surface area contributed by atoms with Crippen molar-refractivity contribution in [2.24, 2.45) is 11.7 Å². The molecule has 84 valence electrons. The minimum absolute atomic E-state index is 0.296. The SMILES string of the molecule is CN(C)CCN1CCC(CN)C1(C)C. The Morgan fingerprint density at radius 1 is 1.43 bits per heavy atom. The second-order valence-electron chi connectivity index (χ2n) is 5.17. The van der Waals surface area contributed by atoms with Crippen LogP contribution >= 0.6 is 0 Å². The van der Waals surface area contributed by atoms with Gasteiger partial charge in [0.05, 0.1) is 0 Å². The van der Waals surface area contributed by atoms with Gasteiger partial charge in [0.2, 0.25) is 0 Å². The van der Waals surface area contributed by atoms with Crippen molar-refractivity contribution in [1.82, 2.24) is 9.80 Å². The average molecular weight is 199 g/mol. The van der Waals surface area contributed by atoms with Gasteiger partial charge in [-0.2, -0.15) is 0 Å². The van der Waals surface area contributed by atoms with E-state index in [-0.39, 0.29) is 0 Å². The third-order valence-electron chi connectivity index (χ3n) is 3.66. The van der Waals surface area contributed by atoms with Gasteiger partial charge in [-0.1, -0.05) is 0 Å². The van der Waals surface area contributed by atoms with Gasteiger partial charge in [-0.25, -0.2) is 0 Å². The molecule has 1 atom stereocenters. The van der Waals surface area contributed by atoms with Gasteiger partial charge in [-0.3, -0.25) is 4.90 Å². The molecule has 14 heavy (non-hydrogen) atoms. The lowest BCUT2D eigenvalue weighted by Crippen LogP contribution is -2.46. The first-order valence-electron chi connectivity index (χ1n) is 5.58. The van der Waals surface area contributed by atoms with Crippen LogP contribution < -0.4 is 5.73 Å². The maximum absolute atomic E-state index is 5.79. The molecule has 1 heterocycles. The molecule has 0 bridgehead atoms. The maximum atomic E-state index is 5.79. The van der Waals surface area contributed by atoms with Crippen LogP contribution in [0, 0.1) is 5.92 Å². The van der Waals surface area contributed by atoms with Crippen molar-refractivity contribution in [2.75, 3.05) is 40.3 Å². The summed E-state index contributed by atoms with van der Waals surface area (Å²) in [5.41, 5.74) is 6.09. The predicted molar refractivity (Wildman–Crippen MR) is 61.4 cm³/mol. The standard InChI is InChI=1S/C11H25N3/c1-11(2)10(9-12)5-6-14(11)8-7-13(3)4/h10H,5-9,12H2,1-4H3.